The van der Waals surface area contributed by atoms with Gasteiger partial charge < -0.3 is 19.7 Å². The van der Waals surface area contributed by atoms with E-state index in [1.165, 1.54) is 30.5 Å². The molecule has 0 spiro atoms. The van der Waals surface area contributed by atoms with E-state index in [1.807, 2.05) is 4.90 Å². The summed E-state index contributed by atoms with van der Waals surface area (Å²) < 4.78 is 24.8. The highest BCUT2D eigenvalue weighted by Crippen LogP contribution is 2.39. The van der Waals surface area contributed by atoms with Crippen molar-refractivity contribution in [2.45, 2.75) is 0 Å². The van der Waals surface area contributed by atoms with Crippen LogP contribution in [0.1, 0.15) is 10.4 Å². The Morgan fingerprint density at radius 1 is 1.28 bits per heavy atom. The Morgan fingerprint density at radius 3 is 2.72 bits per heavy atom. The third-order valence-electron chi connectivity index (χ3n) is 5.12. The van der Waals surface area contributed by atoms with Gasteiger partial charge in [-0.3, -0.25) is 15.1 Å². The largest absolute Gasteiger partial charge is 0.465 e. The number of nitro benzene ring substituents is 1. The summed E-state index contributed by atoms with van der Waals surface area (Å²) in [5.41, 5.74) is 0.289. The Bertz CT molecular complexity index is 1220. The molecule has 1 aliphatic rings. The number of esters is 1. The summed E-state index contributed by atoms with van der Waals surface area (Å²) >= 11 is 6.15. The predicted octanol–water partition coefficient (Wildman–Crippen LogP) is 4.30. The van der Waals surface area contributed by atoms with E-state index in [0.29, 0.717) is 32.0 Å². The number of nitrogens with one attached hydrogen (secondary N) is 1. The van der Waals surface area contributed by atoms with E-state index >= 15 is 0 Å². The van der Waals surface area contributed by atoms with E-state index in [1.54, 1.807) is 6.07 Å². The van der Waals surface area contributed by atoms with Crippen LogP contribution in [0.2, 0.25) is 5.02 Å². The van der Waals surface area contributed by atoms with Gasteiger partial charge >= 0.3 is 11.7 Å². The minimum absolute atomic E-state index is 0.00580. The first kappa shape index (κ1) is 21.7. The first-order valence-electron chi connectivity index (χ1n) is 9.64. The van der Waals surface area contributed by atoms with E-state index < -0.39 is 22.4 Å². The Labute approximate surface area is 186 Å². The Kier molecular flexibility index (Phi) is 6.06. The SMILES string of the molecule is COC(=O)c1cc(N2CCOCC2)cc(Nc2ccnc3c(Cl)ccc(F)c23)c1[N+](=O)[O-]. The van der Waals surface area contributed by atoms with Crippen LogP contribution in [0.15, 0.2) is 36.5 Å². The average molecular weight is 461 g/mol. The van der Waals surface area contributed by atoms with Gasteiger partial charge in [-0.15, -0.1) is 0 Å². The number of carbonyl (C=O) groups excluding carboxylic acids is 1. The highest BCUT2D eigenvalue weighted by Gasteiger charge is 2.29. The van der Waals surface area contributed by atoms with Crippen molar-refractivity contribution < 1.29 is 23.6 Å². The van der Waals surface area contributed by atoms with Gasteiger partial charge in [0.25, 0.3) is 0 Å². The van der Waals surface area contributed by atoms with Crippen LogP contribution in [0.3, 0.4) is 0 Å². The number of pyridine rings is 1. The lowest BCUT2D eigenvalue weighted by molar-refractivity contribution is -0.384. The molecular formula is C21H18ClFN4O5. The number of fused-ring (bicyclic) bond motifs is 1. The summed E-state index contributed by atoms with van der Waals surface area (Å²) in [7, 11) is 1.15. The molecule has 0 saturated carbocycles. The molecule has 0 amide bonds. The topological polar surface area (TPSA) is 107 Å². The monoisotopic (exact) mass is 460 g/mol. The van der Waals surface area contributed by atoms with Crippen molar-refractivity contribution in [2.75, 3.05) is 43.6 Å². The minimum Gasteiger partial charge on any atom is -0.465 e. The number of hydrogen-bond donors (Lipinski definition) is 1. The summed E-state index contributed by atoms with van der Waals surface area (Å²) in [5.74, 6) is -1.45. The van der Waals surface area contributed by atoms with Crippen LogP contribution in [0, 0.1) is 15.9 Å². The van der Waals surface area contributed by atoms with Gasteiger partial charge in [0, 0.05) is 25.0 Å². The number of hydrogen-bond acceptors (Lipinski definition) is 8. The second-order valence-electron chi connectivity index (χ2n) is 6.97. The van der Waals surface area contributed by atoms with E-state index in [0.717, 1.165) is 7.11 Å². The van der Waals surface area contributed by atoms with Crippen LogP contribution in [0.25, 0.3) is 10.9 Å². The molecule has 9 nitrogen and oxygen atoms in total. The molecule has 2 heterocycles. The average Bonchev–Trinajstić information content (AvgIpc) is 2.81. The first-order valence-corrected chi connectivity index (χ1v) is 10.0. The summed E-state index contributed by atoms with van der Waals surface area (Å²) in [6, 6.07) is 7.01. The van der Waals surface area contributed by atoms with Crippen LogP contribution in [-0.4, -0.2) is 49.3 Å². The third kappa shape index (κ3) is 4.02. The summed E-state index contributed by atoms with van der Waals surface area (Å²) in [4.78, 5) is 29.7. The van der Waals surface area contributed by atoms with Gasteiger partial charge in [0.15, 0.2) is 0 Å². The normalized spacial score (nSPS) is 13.8. The Hall–Kier alpha value is -3.50. The lowest BCUT2D eigenvalue weighted by atomic mass is 10.1. The second-order valence-corrected chi connectivity index (χ2v) is 7.38. The molecule has 0 unspecified atom stereocenters. The van der Waals surface area contributed by atoms with E-state index in [-0.39, 0.29) is 32.9 Å². The zero-order valence-corrected chi connectivity index (χ0v) is 17.7. The number of carbonyl (C=O) groups is 1. The van der Waals surface area contributed by atoms with Gasteiger partial charge in [-0.05, 0) is 30.3 Å². The maximum atomic E-state index is 14.7. The van der Waals surface area contributed by atoms with Crippen molar-refractivity contribution in [1.82, 2.24) is 4.98 Å². The number of rotatable bonds is 5. The Balaban J connectivity index is 1.91. The molecule has 0 bridgehead atoms. The summed E-state index contributed by atoms with van der Waals surface area (Å²) in [5, 5.41) is 15.2. The fourth-order valence-corrected chi connectivity index (χ4v) is 3.83. The lowest BCUT2D eigenvalue weighted by Crippen LogP contribution is -2.36. The predicted molar refractivity (Wildman–Crippen MR) is 117 cm³/mol. The number of benzene rings is 2. The molecule has 1 saturated heterocycles. The maximum Gasteiger partial charge on any atom is 0.345 e. The van der Waals surface area contributed by atoms with Crippen molar-refractivity contribution in [3.63, 3.8) is 0 Å². The van der Waals surface area contributed by atoms with Crippen molar-refractivity contribution in [1.29, 1.82) is 0 Å². The quantitative estimate of drug-likeness (QED) is 0.341. The van der Waals surface area contributed by atoms with E-state index in [4.69, 9.17) is 21.1 Å². The molecule has 2 aromatic carbocycles. The number of nitro groups is 1. The number of ether oxygens (including phenoxy) is 2. The van der Waals surface area contributed by atoms with Crippen molar-refractivity contribution >= 4 is 51.2 Å². The molecule has 0 atom stereocenters. The molecule has 1 aromatic heterocycles. The van der Waals surface area contributed by atoms with Gasteiger partial charge in [0.2, 0.25) is 0 Å². The van der Waals surface area contributed by atoms with Gasteiger partial charge in [-0.2, -0.15) is 0 Å². The van der Waals surface area contributed by atoms with Crippen molar-refractivity contribution in [2.24, 2.45) is 0 Å². The number of halogens is 2. The number of methoxy groups -OCH3 is 1. The van der Waals surface area contributed by atoms with Crippen molar-refractivity contribution in [3.05, 3.63) is 63.0 Å². The molecule has 32 heavy (non-hydrogen) atoms. The molecule has 0 radical (unpaired) electrons. The van der Waals surface area contributed by atoms with Crippen molar-refractivity contribution in [3.8, 4) is 0 Å². The number of morpholine rings is 1. The molecule has 1 aliphatic heterocycles. The van der Waals surface area contributed by atoms with Crippen LogP contribution < -0.4 is 10.2 Å². The smallest absolute Gasteiger partial charge is 0.345 e. The first-order chi connectivity index (χ1) is 15.4. The van der Waals surface area contributed by atoms with Crippen LogP contribution in [0.4, 0.5) is 27.1 Å². The highest BCUT2D eigenvalue weighted by molar-refractivity contribution is 6.35. The number of anilines is 3. The third-order valence-corrected chi connectivity index (χ3v) is 5.43. The van der Waals surface area contributed by atoms with E-state index in [2.05, 4.69) is 10.3 Å². The van der Waals surface area contributed by atoms with Gasteiger partial charge in [0.05, 0.1) is 46.9 Å². The molecule has 1 fully saturated rings. The highest BCUT2D eigenvalue weighted by atomic mass is 35.5. The second kappa shape index (κ2) is 8.93. The fraction of sp³-hybridized carbons (Fsp3) is 0.238. The van der Waals surface area contributed by atoms with Gasteiger partial charge in [-0.25, -0.2) is 9.18 Å². The molecule has 11 heteroatoms. The molecule has 0 aliphatic carbocycles. The molecule has 4 rings (SSSR count). The lowest BCUT2D eigenvalue weighted by Gasteiger charge is -2.29. The van der Waals surface area contributed by atoms with Gasteiger partial charge in [-0.1, -0.05) is 11.6 Å². The molecule has 166 valence electrons. The molecule has 1 N–H and O–H groups in total. The molecule has 3 aromatic rings. The van der Waals surface area contributed by atoms with Crippen LogP contribution >= 0.6 is 11.6 Å². The zero-order valence-electron chi connectivity index (χ0n) is 16.9. The maximum absolute atomic E-state index is 14.7. The van der Waals surface area contributed by atoms with Crippen LogP contribution in [0.5, 0.6) is 0 Å². The minimum atomic E-state index is -0.858. The standard InChI is InChI=1S/C21H18ClFN4O5/c1-31-21(28)13-10-12(26-6-8-32-9-7-26)11-17(20(13)27(29)30)25-16-4-5-24-19-14(22)2-3-15(23)18(16)19/h2-5,10-11H,6-9H2,1H3,(H,24,25). The van der Waals surface area contributed by atoms with Crippen LogP contribution in [-0.2, 0) is 9.47 Å². The number of aromatic nitrogens is 1. The Morgan fingerprint density at radius 2 is 2.03 bits per heavy atom. The summed E-state index contributed by atoms with van der Waals surface area (Å²) in [6.45, 7) is 2.04. The molecular weight excluding hydrogens is 443 g/mol. The van der Waals surface area contributed by atoms with Gasteiger partial charge in [0.1, 0.15) is 17.1 Å². The fourth-order valence-electron chi connectivity index (χ4n) is 3.62. The summed E-state index contributed by atoms with van der Waals surface area (Å²) in [6.07, 6.45) is 1.41. The number of nitrogens with zero attached hydrogens (tertiary/aromatic N) is 3. The van der Waals surface area contributed by atoms with E-state index in [9.17, 15) is 19.3 Å². The zero-order chi connectivity index (χ0) is 22.8.